The van der Waals surface area contributed by atoms with Crippen LogP contribution in [0.25, 0.3) is 0 Å². The molecule has 8 heteroatoms. The molecule has 2 aliphatic rings. The lowest BCUT2D eigenvalue weighted by Gasteiger charge is -2.32. The van der Waals surface area contributed by atoms with Crippen molar-refractivity contribution in [3.05, 3.63) is 23.8 Å². The third-order valence-electron chi connectivity index (χ3n) is 4.75. The second-order valence-corrected chi connectivity index (χ2v) is 6.56. The Hall–Kier alpha value is -2.61. The Bertz CT molecular complexity index is 734. The number of nitrogens with zero attached hydrogens (tertiary/aromatic N) is 2. The zero-order valence-corrected chi connectivity index (χ0v) is 14.8. The molecular weight excluding hydrogens is 340 g/mol. The fourth-order valence-corrected chi connectivity index (χ4v) is 3.37. The maximum atomic E-state index is 12.8. The van der Waals surface area contributed by atoms with E-state index < -0.39 is 18.0 Å². The van der Waals surface area contributed by atoms with E-state index >= 15 is 0 Å². The zero-order chi connectivity index (χ0) is 18.8. The molecule has 2 amide bonds. The summed E-state index contributed by atoms with van der Waals surface area (Å²) in [6.45, 7) is 2.70. The average molecular weight is 362 g/mol. The Kier molecular flexibility index (Phi) is 5.13. The van der Waals surface area contributed by atoms with Gasteiger partial charge >= 0.3 is 5.97 Å². The summed E-state index contributed by atoms with van der Waals surface area (Å²) < 4.78 is 10.5. The molecule has 0 bridgehead atoms. The number of aryl methyl sites for hydroxylation is 1. The van der Waals surface area contributed by atoms with Gasteiger partial charge in [0.25, 0.3) is 0 Å². The third-order valence-corrected chi connectivity index (χ3v) is 4.75. The molecule has 3 rings (SSSR count). The standard InChI is InChI=1S/C18H22N2O6/c1-11-3-4-14(25-2)13(7-11)20-9-12(8-16(20)21)17(22)19-5-6-26-15(10-19)18(23)24/h3-4,7,12,15H,5-6,8-10H2,1-2H3,(H,23,24)/t12-,15-/m0/s1. The first-order valence-electron chi connectivity index (χ1n) is 8.49. The topological polar surface area (TPSA) is 96.4 Å². The van der Waals surface area contributed by atoms with Crippen molar-refractivity contribution in [2.45, 2.75) is 19.4 Å². The molecule has 0 aliphatic carbocycles. The molecule has 0 saturated carbocycles. The van der Waals surface area contributed by atoms with E-state index in [1.165, 1.54) is 12.0 Å². The van der Waals surface area contributed by atoms with Crippen LogP contribution in [0.4, 0.5) is 5.69 Å². The van der Waals surface area contributed by atoms with Crippen LogP contribution in [0.15, 0.2) is 18.2 Å². The number of ether oxygens (including phenoxy) is 2. The minimum absolute atomic E-state index is 0.00657. The molecular formula is C18H22N2O6. The van der Waals surface area contributed by atoms with Crippen molar-refractivity contribution in [2.75, 3.05) is 38.3 Å². The predicted molar refractivity (Wildman–Crippen MR) is 92.1 cm³/mol. The van der Waals surface area contributed by atoms with Crippen LogP contribution in [-0.4, -0.2) is 67.2 Å². The highest BCUT2D eigenvalue weighted by Gasteiger charge is 2.40. The number of hydrogen-bond acceptors (Lipinski definition) is 5. The van der Waals surface area contributed by atoms with E-state index in [1.54, 1.807) is 11.0 Å². The smallest absolute Gasteiger partial charge is 0.334 e. The van der Waals surface area contributed by atoms with Crippen LogP contribution in [0.3, 0.4) is 0 Å². The summed E-state index contributed by atoms with van der Waals surface area (Å²) in [6.07, 6.45) is -0.914. The molecule has 2 atom stereocenters. The highest BCUT2D eigenvalue weighted by Crippen LogP contribution is 2.34. The minimum atomic E-state index is -1.09. The van der Waals surface area contributed by atoms with Crippen LogP contribution in [0, 0.1) is 12.8 Å². The molecule has 1 N–H and O–H groups in total. The lowest BCUT2D eigenvalue weighted by atomic mass is 10.1. The van der Waals surface area contributed by atoms with Gasteiger partial charge < -0.3 is 24.4 Å². The van der Waals surface area contributed by atoms with Crippen LogP contribution >= 0.6 is 0 Å². The summed E-state index contributed by atoms with van der Waals surface area (Å²) in [5.41, 5.74) is 1.64. The third kappa shape index (κ3) is 3.50. The number of morpholine rings is 1. The van der Waals surface area contributed by atoms with E-state index in [-0.39, 0.29) is 37.9 Å². The number of benzene rings is 1. The number of aliphatic carboxylic acids is 1. The van der Waals surface area contributed by atoms with E-state index in [0.717, 1.165) is 5.56 Å². The summed E-state index contributed by atoms with van der Waals surface area (Å²) in [5, 5.41) is 9.08. The van der Waals surface area contributed by atoms with Gasteiger partial charge in [-0.25, -0.2) is 4.79 Å². The number of carboxylic acids is 1. The fourth-order valence-electron chi connectivity index (χ4n) is 3.37. The highest BCUT2D eigenvalue weighted by atomic mass is 16.5. The van der Waals surface area contributed by atoms with E-state index in [2.05, 4.69) is 0 Å². The molecule has 140 valence electrons. The number of carboxylic acid groups (broad SMARTS) is 1. The number of carbonyl (C=O) groups excluding carboxylic acids is 2. The normalized spacial score (nSPS) is 23.2. The van der Waals surface area contributed by atoms with Gasteiger partial charge in [0.15, 0.2) is 6.10 Å². The summed E-state index contributed by atoms with van der Waals surface area (Å²) in [7, 11) is 1.54. The molecule has 2 fully saturated rings. The second kappa shape index (κ2) is 7.33. The first-order chi connectivity index (χ1) is 12.4. The summed E-state index contributed by atoms with van der Waals surface area (Å²) >= 11 is 0. The highest BCUT2D eigenvalue weighted by molar-refractivity contribution is 6.01. The molecule has 26 heavy (non-hydrogen) atoms. The Balaban J connectivity index is 1.74. The number of carbonyl (C=O) groups is 3. The second-order valence-electron chi connectivity index (χ2n) is 6.56. The quantitative estimate of drug-likeness (QED) is 0.846. The number of amides is 2. The van der Waals surface area contributed by atoms with Crippen LogP contribution in [0.5, 0.6) is 5.75 Å². The largest absolute Gasteiger partial charge is 0.495 e. The van der Waals surface area contributed by atoms with Crippen LogP contribution in [0.2, 0.25) is 0 Å². The zero-order valence-electron chi connectivity index (χ0n) is 14.8. The average Bonchev–Trinajstić information content (AvgIpc) is 3.02. The lowest BCUT2D eigenvalue weighted by molar-refractivity contribution is -0.160. The van der Waals surface area contributed by atoms with Crippen molar-refractivity contribution in [2.24, 2.45) is 5.92 Å². The SMILES string of the molecule is COc1ccc(C)cc1N1C[C@@H](C(=O)N2CCO[C@H](C(=O)O)C2)CC1=O. The minimum Gasteiger partial charge on any atom is -0.495 e. The number of rotatable bonds is 4. The van der Waals surface area contributed by atoms with Crippen molar-refractivity contribution in [1.82, 2.24) is 4.90 Å². The van der Waals surface area contributed by atoms with Crippen LogP contribution < -0.4 is 9.64 Å². The van der Waals surface area contributed by atoms with Gasteiger partial charge in [-0.3, -0.25) is 9.59 Å². The van der Waals surface area contributed by atoms with Crippen LogP contribution in [0.1, 0.15) is 12.0 Å². The molecule has 2 aliphatic heterocycles. The molecule has 1 aromatic rings. The maximum absolute atomic E-state index is 12.8. The number of methoxy groups -OCH3 is 1. The van der Waals surface area contributed by atoms with E-state index in [4.69, 9.17) is 14.6 Å². The molecule has 1 aromatic carbocycles. The van der Waals surface area contributed by atoms with Gasteiger partial charge in [0.2, 0.25) is 11.8 Å². The molecule has 2 saturated heterocycles. The van der Waals surface area contributed by atoms with Crippen molar-refractivity contribution in [3.63, 3.8) is 0 Å². The van der Waals surface area contributed by atoms with Gasteiger partial charge in [-0.15, -0.1) is 0 Å². The molecule has 0 aromatic heterocycles. The van der Waals surface area contributed by atoms with Gasteiger partial charge in [0.1, 0.15) is 5.75 Å². The van der Waals surface area contributed by atoms with E-state index in [1.807, 2.05) is 19.1 Å². The molecule has 0 unspecified atom stereocenters. The molecule has 0 radical (unpaired) electrons. The Labute approximate surface area is 151 Å². The number of anilines is 1. The fraction of sp³-hybridized carbons (Fsp3) is 0.500. The maximum Gasteiger partial charge on any atom is 0.334 e. The predicted octanol–water partition coefficient (Wildman–Crippen LogP) is 0.669. The number of hydrogen-bond donors (Lipinski definition) is 1. The molecule has 2 heterocycles. The Morgan fingerprint density at radius 2 is 2.08 bits per heavy atom. The Morgan fingerprint density at radius 3 is 2.77 bits per heavy atom. The van der Waals surface area contributed by atoms with Gasteiger partial charge in [0, 0.05) is 19.5 Å². The Morgan fingerprint density at radius 1 is 1.31 bits per heavy atom. The van der Waals surface area contributed by atoms with Gasteiger partial charge in [0.05, 0.1) is 31.9 Å². The van der Waals surface area contributed by atoms with Crippen molar-refractivity contribution < 1.29 is 29.0 Å². The molecule has 0 spiro atoms. The summed E-state index contributed by atoms with van der Waals surface area (Å²) in [6, 6.07) is 5.55. The van der Waals surface area contributed by atoms with Crippen molar-refractivity contribution in [3.8, 4) is 5.75 Å². The first kappa shape index (κ1) is 18.2. The van der Waals surface area contributed by atoms with Crippen LogP contribution in [-0.2, 0) is 19.1 Å². The first-order valence-corrected chi connectivity index (χ1v) is 8.49. The lowest BCUT2D eigenvalue weighted by Crippen LogP contribution is -2.50. The van der Waals surface area contributed by atoms with Crippen molar-refractivity contribution >= 4 is 23.5 Å². The summed E-state index contributed by atoms with van der Waals surface area (Å²) in [5.74, 6) is -1.36. The van der Waals surface area contributed by atoms with Gasteiger partial charge in [-0.1, -0.05) is 6.07 Å². The molecule has 8 nitrogen and oxygen atoms in total. The van der Waals surface area contributed by atoms with Crippen molar-refractivity contribution in [1.29, 1.82) is 0 Å². The summed E-state index contributed by atoms with van der Waals surface area (Å²) in [4.78, 5) is 39.4. The van der Waals surface area contributed by atoms with E-state index in [0.29, 0.717) is 18.0 Å². The van der Waals surface area contributed by atoms with Gasteiger partial charge in [-0.2, -0.15) is 0 Å². The monoisotopic (exact) mass is 362 g/mol. The van der Waals surface area contributed by atoms with Gasteiger partial charge in [-0.05, 0) is 24.6 Å². The van der Waals surface area contributed by atoms with E-state index in [9.17, 15) is 14.4 Å².